The van der Waals surface area contributed by atoms with Gasteiger partial charge in [-0.25, -0.2) is 4.90 Å². The number of hydrogen-bond donors (Lipinski definition) is 1. The zero-order valence-corrected chi connectivity index (χ0v) is 12.6. The van der Waals surface area contributed by atoms with Gasteiger partial charge in [0.25, 0.3) is 0 Å². The largest absolute Gasteiger partial charge is 0.427 e. The number of ether oxygens (including phenoxy) is 1. The van der Waals surface area contributed by atoms with Crippen LogP contribution in [0.25, 0.3) is 0 Å². The van der Waals surface area contributed by atoms with Crippen LogP contribution in [0, 0.1) is 23.7 Å². The minimum absolute atomic E-state index is 0.0955. The minimum atomic E-state index is -0.481. The van der Waals surface area contributed by atoms with Gasteiger partial charge in [0, 0.05) is 13.0 Å². The molecular weight excluding hydrogens is 298 g/mol. The molecular formula is C17H17NO5. The van der Waals surface area contributed by atoms with E-state index in [1.54, 1.807) is 18.2 Å². The molecule has 23 heavy (non-hydrogen) atoms. The lowest BCUT2D eigenvalue weighted by molar-refractivity contribution is -0.132. The van der Waals surface area contributed by atoms with Gasteiger partial charge in [-0.2, -0.15) is 0 Å². The van der Waals surface area contributed by atoms with Crippen LogP contribution in [-0.2, 0) is 14.4 Å². The number of amides is 2. The van der Waals surface area contributed by atoms with E-state index >= 15 is 0 Å². The molecule has 5 atom stereocenters. The molecule has 0 spiro atoms. The predicted molar refractivity (Wildman–Crippen MR) is 79.4 cm³/mol. The number of fused-ring (bicyclic) bond motifs is 5. The van der Waals surface area contributed by atoms with Crippen LogP contribution in [0.5, 0.6) is 5.75 Å². The van der Waals surface area contributed by atoms with Crippen molar-refractivity contribution in [1.29, 1.82) is 0 Å². The van der Waals surface area contributed by atoms with Crippen molar-refractivity contribution in [2.45, 2.75) is 25.9 Å². The number of imide groups is 1. The van der Waals surface area contributed by atoms with Gasteiger partial charge in [-0.05, 0) is 36.8 Å². The molecule has 2 aliphatic carbocycles. The highest BCUT2D eigenvalue weighted by atomic mass is 16.5. The SMILES string of the molecule is CC(=O)Oc1cccc(N2C(=O)C3C4CC(O)C(C4)C3C2=O)c1. The average molecular weight is 315 g/mol. The average Bonchev–Trinajstić information content (AvgIpc) is 3.10. The monoisotopic (exact) mass is 315 g/mol. The van der Waals surface area contributed by atoms with Gasteiger partial charge in [-0.15, -0.1) is 0 Å². The Morgan fingerprint density at radius 3 is 2.70 bits per heavy atom. The lowest BCUT2D eigenvalue weighted by Gasteiger charge is -2.24. The summed E-state index contributed by atoms with van der Waals surface area (Å²) < 4.78 is 5.02. The Labute approximate surface area is 133 Å². The molecule has 2 saturated carbocycles. The zero-order chi connectivity index (χ0) is 16.3. The van der Waals surface area contributed by atoms with Crippen molar-refractivity contribution in [3.63, 3.8) is 0 Å². The van der Waals surface area contributed by atoms with Crippen LogP contribution in [0.2, 0.25) is 0 Å². The molecule has 6 heteroatoms. The van der Waals surface area contributed by atoms with Gasteiger partial charge in [0.15, 0.2) is 0 Å². The molecule has 1 aliphatic heterocycles. The summed E-state index contributed by atoms with van der Waals surface area (Å²) in [5.74, 6) is -1.33. The highest BCUT2D eigenvalue weighted by Gasteiger charge is 2.63. The maximum atomic E-state index is 12.8. The molecule has 1 N–H and O–H groups in total. The van der Waals surface area contributed by atoms with E-state index in [4.69, 9.17) is 4.74 Å². The van der Waals surface area contributed by atoms with Crippen LogP contribution < -0.4 is 9.64 Å². The van der Waals surface area contributed by atoms with Gasteiger partial charge in [0.1, 0.15) is 5.75 Å². The van der Waals surface area contributed by atoms with E-state index in [1.807, 2.05) is 0 Å². The maximum Gasteiger partial charge on any atom is 0.308 e. The van der Waals surface area contributed by atoms with Gasteiger partial charge in [0.05, 0.1) is 23.6 Å². The van der Waals surface area contributed by atoms with Gasteiger partial charge in [0.2, 0.25) is 11.8 Å². The summed E-state index contributed by atoms with van der Waals surface area (Å²) >= 11 is 0. The number of anilines is 1. The molecule has 120 valence electrons. The second-order valence-electron chi connectivity index (χ2n) is 6.62. The Kier molecular flexibility index (Phi) is 3.06. The second kappa shape index (κ2) is 4.89. The number of aliphatic hydroxyl groups excluding tert-OH is 1. The van der Waals surface area contributed by atoms with Gasteiger partial charge < -0.3 is 9.84 Å². The van der Waals surface area contributed by atoms with Crippen molar-refractivity contribution in [3.8, 4) is 5.75 Å². The van der Waals surface area contributed by atoms with E-state index in [0.717, 1.165) is 6.42 Å². The topological polar surface area (TPSA) is 83.9 Å². The molecule has 2 amide bonds. The van der Waals surface area contributed by atoms with E-state index in [0.29, 0.717) is 17.9 Å². The van der Waals surface area contributed by atoms with Crippen LogP contribution in [0.3, 0.4) is 0 Å². The van der Waals surface area contributed by atoms with Gasteiger partial charge >= 0.3 is 5.97 Å². The summed E-state index contributed by atoms with van der Waals surface area (Å²) in [6, 6.07) is 6.43. The maximum absolute atomic E-state index is 12.8. The van der Waals surface area contributed by atoms with Crippen molar-refractivity contribution in [3.05, 3.63) is 24.3 Å². The zero-order valence-electron chi connectivity index (χ0n) is 12.6. The highest BCUT2D eigenvalue weighted by molar-refractivity contribution is 6.22. The fourth-order valence-corrected chi connectivity index (χ4v) is 4.53. The second-order valence-corrected chi connectivity index (χ2v) is 6.62. The predicted octanol–water partition coefficient (Wildman–Crippen LogP) is 1.12. The van der Waals surface area contributed by atoms with E-state index in [1.165, 1.54) is 17.9 Å². The van der Waals surface area contributed by atoms with Crippen molar-refractivity contribution in [2.75, 3.05) is 4.90 Å². The molecule has 2 bridgehead atoms. The summed E-state index contributed by atoms with van der Waals surface area (Å²) in [7, 11) is 0. The van der Waals surface area contributed by atoms with Crippen LogP contribution in [-0.4, -0.2) is 29.0 Å². The van der Waals surface area contributed by atoms with E-state index in [-0.39, 0.29) is 29.6 Å². The first-order valence-electron chi connectivity index (χ1n) is 7.81. The summed E-state index contributed by atoms with van der Waals surface area (Å²) in [6.07, 6.45) is 0.881. The third-order valence-corrected chi connectivity index (χ3v) is 5.32. The Bertz CT molecular complexity index is 715. The highest BCUT2D eigenvalue weighted by Crippen LogP contribution is 2.56. The molecule has 6 nitrogen and oxygen atoms in total. The number of rotatable bonds is 2. The third-order valence-electron chi connectivity index (χ3n) is 5.32. The fourth-order valence-electron chi connectivity index (χ4n) is 4.53. The first kappa shape index (κ1) is 14.4. The van der Waals surface area contributed by atoms with Gasteiger partial charge in [-0.3, -0.25) is 14.4 Å². The number of carbonyl (C=O) groups excluding carboxylic acids is 3. The number of nitrogens with zero attached hydrogens (tertiary/aromatic N) is 1. The number of benzene rings is 1. The minimum Gasteiger partial charge on any atom is -0.427 e. The summed E-state index contributed by atoms with van der Waals surface area (Å²) in [5, 5.41) is 10.0. The summed E-state index contributed by atoms with van der Waals surface area (Å²) in [4.78, 5) is 37.8. The molecule has 1 aromatic carbocycles. The molecule has 3 fully saturated rings. The van der Waals surface area contributed by atoms with E-state index < -0.39 is 18.0 Å². The lowest BCUT2D eigenvalue weighted by Crippen LogP contribution is -2.34. The standard InChI is InChI=1S/C17H17NO5/c1-8(19)23-11-4-2-3-10(7-11)18-16(21)14-9-5-12(13(20)6-9)15(14)17(18)22/h2-4,7,9,12-15,20H,5-6H2,1H3. The first-order chi connectivity index (χ1) is 11.0. The van der Waals surface area contributed by atoms with Gasteiger partial charge in [-0.1, -0.05) is 6.07 Å². The van der Waals surface area contributed by atoms with Crippen LogP contribution >= 0.6 is 0 Å². The van der Waals surface area contributed by atoms with E-state index in [2.05, 4.69) is 0 Å². The molecule has 1 heterocycles. The molecule has 0 radical (unpaired) electrons. The van der Waals surface area contributed by atoms with Crippen LogP contribution in [0.1, 0.15) is 19.8 Å². The van der Waals surface area contributed by atoms with Crippen molar-refractivity contribution < 1.29 is 24.2 Å². The number of esters is 1. The van der Waals surface area contributed by atoms with E-state index in [9.17, 15) is 19.5 Å². The first-order valence-corrected chi connectivity index (χ1v) is 7.81. The van der Waals surface area contributed by atoms with Crippen LogP contribution in [0.4, 0.5) is 5.69 Å². The molecule has 4 rings (SSSR count). The Balaban J connectivity index is 1.67. The fraction of sp³-hybridized carbons (Fsp3) is 0.471. The van der Waals surface area contributed by atoms with Crippen molar-refractivity contribution in [2.24, 2.45) is 23.7 Å². The number of aliphatic hydroxyl groups is 1. The quantitative estimate of drug-likeness (QED) is 0.502. The molecule has 5 unspecified atom stereocenters. The molecule has 3 aliphatic rings. The smallest absolute Gasteiger partial charge is 0.308 e. The molecule has 1 aromatic rings. The number of hydrogen-bond acceptors (Lipinski definition) is 5. The molecule has 0 aromatic heterocycles. The normalized spacial score (nSPS) is 34.9. The Morgan fingerprint density at radius 1 is 1.22 bits per heavy atom. The number of carbonyl (C=O) groups is 3. The van der Waals surface area contributed by atoms with Crippen molar-refractivity contribution in [1.82, 2.24) is 0 Å². The summed E-state index contributed by atoms with van der Waals surface area (Å²) in [5.41, 5.74) is 0.419. The summed E-state index contributed by atoms with van der Waals surface area (Å²) in [6.45, 7) is 1.29. The van der Waals surface area contributed by atoms with Crippen LogP contribution in [0.15, 0.2) is 24.3 Å². The Morgan fingerprint density at radius 2 is 1.96 bits per heavy atom. The lowest BCUT2D eigenvalue weighted by atomic mass is 9.80. The Hall–Kier alpha value is -2.21. The van der Waals surface area contributed by atoms with Crippen molar-refractivity contribution >= 4 is 23.5 Å². The molecule has 1 saturated heterocycles. The third kappa shape index (κ3) is 2.01.